The molecule has 1 heterocycles. The molecule has 1 atom stereocenters. The van der Waals surface area contributed by atoms with E-state index in [1.54, 1.807) is 12.1 Å². The second-order valence-corrected chi connectivity index (χ2v) is 5.58. The van der Waals surface area contributed by atoms with Gasteiger partial charge < -0.3 is 5.32 Å². The van der Waals surface area contributed by atoms with Crippen molar-refractivity contribution < 1.29 is 4.39 Å². The van der Waals surface area contributed by atoms with Gasteiger partial charge in [-0.05, 0) is 43.2 Å². The van der Waals surface area contributed by atoms with Crippen LogP contribution in [0.1, 0.15) is 29.1 Å². The van der Waals surface area contributed by atoms with Crippen LogP contribution in [0.15, 0.2) is 22.7 Å². The number of hydrogen-bond donors (Lipinski definition) is 1. The van der Waals surface area contributed by atoms with Crippen molar-refractivity contribution in [2.24, 2.45) is 0 Å². The fourth-order valence-corrected chi connectivity index (χ4v) is 2.91. The number of aromatic nitrogens is 2. The Morgan fingerprint density at radius 3 is 2.89 bits per heavy atom. The standard InChI is InChI=1S/C12H13BrFN3S/c1-3-15-11(12-7(2)16-17-18-12)9-6-8(13)4-5-10(9)14/h4-6,11,15H,3H2,1-2H3. The summed E-state index contributed by atoms with van der Waals surface area (Å²) in [5.41, 5.74) is 1.45. The summed E-state index contributed by atoms with van der Waals surface area (Å²) in [7, 11) is 0. The first-order chi connectivity index (χ1) is 8.63. The molecule has 0 saturated carbocycles. The number of aryl methyl sites for hydroxylation is 1. The first-order valence-corrected chi connectivity index (χ1v) is 7.17. The highest BCUT2D eigenvalue weighted by molar-refractivity contribution is 9.10. The van der Waals surface area contributed by atoms with Crippen molar-refractivity contribution in [3.8, 4) is 0 Å². The molecular weight excluding hydrogens is 317 g/mol. The van der Waals surface area contributed by atoms with Gasteiger partial charge in [0.1, 0.15) is 5.82 Å². The molecule has 0 aliphatic carbocycles. The molecule has 0 saturated heterocycles. The Bertz CT molecular complexity index is 544. The second kappa shape index (κ2) is 5.86. The van der Waals surface area contributed by atoms with E-state index >= 15 is 0 Å². The van der Waals surface area contributed by atoms with Crippen LogP contribution in [0.4, 0.5) is 4.39 Å². The third kappa shape index (κ3) is 2.76. The van der Waals surface area contributed by atoms with Gasteiger partial charge in [-0.1, -0.05) is 27.3 Å². The zero-order valence-corrected chi connectivity index (χ0v) is 12.5. The van der Waals surface area contributed by atoms with Crippen LogP contribution in [-0.2, 0) is 0 Å². The predicted octanol–water partition coefficient (Wildman–Crippen LogP) is 3.45. The average Bonchev–Trinajstić information content (AvgIpc) is 2.76. The van der Waals surface area contributed by atoms with Gasteiger partial charge in [-0.3, -0.25) is 0 Å². The smallest absolute Gasteiger partial charge is 0.128 e. The minimum atomic E-state index is -0.225. The highest BCUT2D eigenvalue weighted by Crippen LogP contribution is 2.30. The molecule has 0 bridgehead atoms. The van der Waals surface area contributed by atoms with Crippen molar-refractivity contribution in [1.29, 1.82) is 0 Å². The third-order valence-electron chi connectivity index (χ3n) is 2.63. The lowest BCUT2D eigenvalue weighted by molar-refractivity contribution is 0.561. The van der Waals surface area contributed by atoms with E-state index in [-0.39, 0.29) is 11.9 Å². The molecule has 1 aromatic heterocycles. The molecule has 96 valence electrons. The quantitative estimate of drug-likeness (QED) is 0.933. The van der Waals surface area contributed by atoms with E-state index in [1.807, 2.05) is 13.8 Å². The Morgan fingerprint density at radius 2 is 2.28 bits per heavy atom. The van der Waals surface area contributed by atoms with Gasteiger partial charge in [0.15, 0.2) is 0 Å². The summed E-state index contributed by atoms with van der Waals surface area (Å²) in [6, 6.07) is 4.75. The number of nitrogens with zero attached hydrogens (tertiary/aromatic N) is 2. The van der Waals surface area contributed by atoms with Crippen LogP contribution in [-0.4, -0.2) is 16.1 Å². The topological polar surface area (TPSA) is 37.8 Å². The Labute approximate surface area is 118 Å². The molecule has 0 radical (unpaired) electrons. The average molecular weight is 330 g/mol. The van der Waals surface area contributed by atoms with Gasteiger partial charge in [-0.2, -0.15) is 0 Å². The molecule has 1 aromatic carbocycles. The largest absolute Gasteiger partial charge is 0.306 e. The lowest BCUT2D eigenvalue weighted by atomic mass is 10.0. The molecule has 2 aromatic rings. The summed E-state index contributed by atoms with van der Waals surface area (Å²) >= 11 is 4.68. The fraction of sp³-hybridized carbons (Fsp3) is 0.333. The van der Waals surface area contributed by atoms with Crippen LogP contribution >= 0.6 is 27.5 Å². The fourth-order valence-electron chi connectivity index (χ4n) is 1.79. The maximum absolute atomic E-state index is 14.0. The molecule has 3 nitrogen and oxygen atoms in total. The highest BCUT2D eigenvalue weighted by Gasteiger charge is 2.21. The van der Waals surface area contributed by atoms with Gasteiger partial charge in [0.05, 0.1) is 16.6 Å². The van der Waals surface area contributed by atoms with Crippen molar-refractivity contribution in [3.05, 3.63) is 44.6 Å². The van der Waals surface area contributed by atoms with Gasteiger partial charge in [0, 0.05) is 10.0 Å². The van der Waals surface area contributed by atoms with E-state index in [9.17, 15) is 4.39 Å². The molecule has 0 fully saturated rings. The SMILES string of the molecule is CCNC(c1cc(Br)ccc1F)c1snnc1C. The highest BCUT2D eigenvalue weighted by atomic mass is 79.9. The maximum Gasteiger partial charge on any atom is 0.128 e. The third-order valence-corrected chi connectivity index (χ3v) is 4.01. The van der Waals surface area contributed by atoms with E-state index in [1.165, 1.54) is 17.6 Å². The van der Waals surface area contributed by atoms with Gasteiger partial charge in [0.2, 0.25) is 0 Å². The summed E-state index contributed by atoms with van der Waals surface area (Å²) < 4.78 is 18.7. The Hall–Kier alpha value is -0.850. The Morgan fingerprint density at radius 1 is 1.50 bits per heavy atom. The van der Waals surface area contributed by atoms with E-state index in [0.29, 0.717) is 5.56 Å². The van der Waals surface area contributed by atoms with Crippen LogP contribution in [0.3, 0.4) is 0 Å². The van der Waals surface area contributed by atoms with Crippen LogP contribution in [0.25, 0.3) is 0 Å². The molecule has 2 rings (SSSR count). The van der Waals surface area contributed by atoms with Crippen LogP contribution in [0.2, 0.25) is 0 Å². The van der Waals surface area contributed by atoms with Gasteiger partial charge in [-0.15, -0.1) is 5.10 Å². The molecule has 0 spiro atoms. The summed E-state index contributed by atoms with van der Waals surface area (Å²) in [5, 5.41) is 7.27. The van der Waals surface area contributed by atoms with Crippen molar-refractivity contribution in [2.45, 2.75) is 19.9 Å². The molecule has 1 N–H and O–H groups in total. The van der Waals surface area contributed by atoms with Gasteiger partial charge >= 0.3 is 0 Å². The van der Waals surface area contributed by atoms with E-state index in [2.05, 4.69) is 30.8 Å². The summed E-state index contributed by atoms with van der Waals surface area (Å²) in [4.78, 5) is 0.953. The van der Waals surface area contributed by atoms with Crippen LogP contribution in [0, 0.1) is 12.7 Å². The van der Waals surface area contributed by atoms with Crippen LogP contribution < -0.4 is 5.32 Å². The number of halogens is 2. The van der Waals surface area contributed by atoms with Crippen molar-refractivity contribution >= 4 is 27.5 Å². The maximum atomic E-state index is 14.0. The molecule has 0 amide bonds. The minimum Gasteiger partial charge on any atom is -0.306 e. The lowest BCUT2D eigenvalue weighted by Gasteiger charge is -2.18. The summed E-state index contributed by atoms with van der Waals surface area (Å²) in [6.07, 6.45) is 0. The second-order valence-electron chi connectivity index (χ2n) is 3.88. The molecular formula is C12H13BrFN3S. The number of rotatable bonds is 4. The Kier molecular flexibility index (Phi) is 4.42. The first-order valence-electron chi connectivity index (χ1n) is 5.60. The Balaban J connectivity index is 2.48. The minimum absolute atomic E-state index is 0.201. The van der Waals surface area contributed by atoms with Crippen molar-refractivity contribution in [3.63, 3.8) is 0 Å². The predicted molar refractivity (Wildman–Crippen MR) is 74.3 cm³/mol. The number of nitrogens with one attached hydrogen (secondary N) is 1. The lowest BCUT2D eigenvalue weighted by Crippen LogP contribution is -2.22. The van der Waals surface area contributed by atoms with Gasteiger partial charge in [0.25, 0.3) is 0 Å². The molecule has 0 aliphatic heterocycles. The van der Waals surface area contributed by atoms with Gasteiger partial charge in [-0.25, -0.2) is 4.39 Å². The van der Waals surface area contributed by atoms with Crippen LogP contribution in [0.5, 0.6) is 0 Å². The van der Waals surface area contributed by atoms with E-state index in [4.69, 9.17) is 0 Å². The number of hydrogen-bond acceptors (Lipinski definition) is 4. The van der Waals surface area contributed by atoms with Crippen molar-refractivity contribution in [2.75, 3.05) is 6.54 Å². The van der Waals surface area contributed by atoms with E-state index < -0.39 is 0 Å². The first kappa shape index (κ1) is 13.6. The summed E-state index contributed by atoms with van der Waals surface area (Å²) in [5.74, 6) is -0.225. The molecule has 18 heavy (non-hydrogen) atoms. The zero-order chi connectivity index (χ0) is 13.1. The summed E-state index contributed by atoms with van der Waals surface area (Å²) in [6.45, 7) is 4.62. The zero-order valence-electron chi connectivity index (χ0n) is 10.1. The van der Waals surface area contributed by atoms with Crippen molar-refractivity contribution in [1.82, 2.24) is 14.9 Å². The molecule has 1 unspecified atom stereocenters. The number of benzene rings is 1. The molecule has 6 heteroatoms. The molecule has 0 aliphatic rings. The monoisotopic (exact) mass is 329 g/mol. The van der Waals surface area contributed by atoms with E-state index in [0.717, 1.165) is 21.6 Å². The normalized spacial score (nSPS) is 12.7.